The fourth-order valence-electron chi connectivity index (χ4n) is 3.92. The topological polar surface area (TPSA) is 35.5 Å². The highest BCUT2D eigenvalue weighted by molar-refractivity contribution is 5.91. The van der Waals surface area contributed by atoms with Crippen LogP contribution in [0, 0.1) is 5.92 Å². The van der Waals surface area contributed by atoms with Crippen molar-refractivity contribution in [1.29, 1.82) is 0 Å². The lowest BCUT2D eigenvalue weighted by molar-refractivity contribution is 0.0734. The van der Waals surface area contributed by atoms with E-state index in [4.69, 9.17) is 9.47 Å². The molecule has 0 radical (unpaired) electrons. The molecule has 2 aromatic rings. The van der Waals surface area contributed by atoms with E-state index in [1.165, 1.54) is 56.9 Å². The average Bonchev–Trinajstić information content (AvgIpc) is 2.79. The maximum atomic E-state index is 12.4. The summed E-state index contributed by atoms with van der Waals surface area (Å²) >= 11 is 0. The van der Waals surface area contributed by atoms with Crippen LogP contribution in [0.15, 0.2) is 48.5 Å². The zero-order valence-electron chi connectivity index (χ0n) is 19.7. The van der Waals surface area contributed by atoms with Crippen molar-refractivity contribution in [3.63, 3.8) is 0 Å². The minimum atomic E-state index is -0.340. The van der Waals surface area contributed by atoms with Crippen molar-refractivity contribution in [3.05, 3.63) is 59.7 Å². The molecule has 0 saturated carbocycles. The van der Waals surface area contributed by atoms with Gasteiger partial charge < -0.3 is 9.47 Å². The highest BCUT2D eigenvalue weighted by Gasteiger charge is 2.10. The minimum absolute atomic E-state index is 0.340. The average molecular weight is 425 g/mol. The normalized spacial score (nSPS) is 11.0. The quantitative estimate of drug-likeness (QED) is 0.165. The van der Waals surface area contributed by atoms with Crippen molar-refractivity contribution in [3.8, 4) is 11.5 Å². The van der Waals surface area contributed by atoms with Gasteiger partial charge in [-0.15, -0.1) is 0 Å². The van der Waals surface area contributed by atoms with E-state index in [1.807, 2.05) is 24.3 Å². The van der Waals surface area contributed by atoms with Gasteiger partial charge in [-0.1, -0.05) is 77.8 Å². The molecule has 0 heterocycles. The maximum Gasteiger partial charge on any atom is 0.343 e. The molecule has 0 spiro atoms. The number of rotatable bonds is 15. The van der Waals surface area contributed by atoms with E-state index in [0.29, 0.717) is 17.9 Å². The molecule has 2 aromatic carbocycles. The van der Waals surface area contributed by atoms with Crippen molar-refractivity contribution < 1.29 is 14.3 Å². The number of ether oxygens (including phenoxy) is 2. The van der Waals surface area contributed by atoms with E-state index in [-0.39, 0.29) is 5.97 Å². The van der Waals surface area contributed by atoms with Crippen LogP contribution in [0.4, 0.5) is 0 Å². The molecule has 31 heavy (non-hydrogen) atoms. The second-order valence-corrected chi connectivity index (χ2v) is 8.45. The molecule has 0 N–H and O–H groups in total. The highest BCUT2D eigenvalue weighted by Crippen LogP contribution is 2.22. The summed E-state index contributed by atoms with van der Waals surface area (Å²) in [6, 6.07) is 15.1. The number of hydrogen-bond acceptors (Lipinski definition) is 3. The van der Waals surface area contributed by atoms with Crippen LogP contribution in [-0.4, -0.2) is 12.6 Å². The Bertz CT molecular complexity index is 728. The molecule has 0 amide bonds. The Morgan fingerprint density at radius 1 is 0.742 bits per heavy atom. The summed E-state index contributed by atoms with van der Waals surface area (Å²) in [4.78, 5) is 12.4. The Morgan fingerprint density at radius 2 is 1.39 bits per heavy atom. The first-order valence-corrected chi connectivity index (χ1v) is 12.2. The molecule has 170 valence electrons. The van der Waals surface area contributed by atoms with Gasteiger partial charge >= 0.3 is 5.97 Å². The van der Waals surface area contributed by atoms with Gasteiger partial charge in [0, 0.05) is 0 Å². The Labute approximate surface area is 189 Å². The number of benzene rings is 2. The zero-order chi connectivity index (χ0) is 22.3. The lowest BCUT2D eigenvalue weighted by Gasteiger charge is -2.15. The minimum Gasteiger partial charge on any atom is -0.494 e. The maximum absolute atomic E-state index is 12.4. The fraction of sp³-hybridized carbons (Fsp3) is 0.536. The fourth-order valence-corrected chi connectivity index (χ4v) is 3.92. The summed E-state index contributed by atoms with van der Waals surface area (Å²) in [5.74, 6) is 1.86. The van der Waals surface area contributed by atoms with Crippen LogP contribution < -0.4 is 9.47 Å². The molecule has 3 nitrogen and oxygen atoms in total. The SMILES string of the molecule is CCCCCCOc1ccc(C(=O)Oc2ccc(CCC(CCC)CCC)cc2)cc1. The molecular weight excluding hydrogens is 384 g/mol. The first-order valence-electron chi connectivity index (χ1n) is 12.2. The first-order chi connectivity index (χ1) is 15.2. The van der Waals surface area contributed by atoms with Gasteiger partial charge in [0.2, 0.25) is 0 Å². The Morgan fingerprint density at radius 3 is 2.00 bits per heavy atom. The van der Waals surface area contributed by atoms with Gasteiger partial charge in [0.25, 0.3) is 0 Å². The summed E-state index contributed by atoms with van der Waals surface area (Å²) in [5, 5.41) is 0. The van der Waals surface area contributed by atoms with Crippen molar-refractivity contribution in [1.82, 2.24) is 0 Å². The van der Waals surface area contributed by atoms with E-state index in [2.05, 4.69) is 32.9 Å². The smallest absolute Gasteiger partial charge is 0.343 e. The summed E-state index contributed by atoms with van der Waals surface area (Å²) in [6.45, 7) is 7.44. The highest BCUT2D eigenvalue weighted by atomic mass is 16.5. The second kappa shape index (κ2) is 14.7. The summed E-state index contributed by atoms with van der Waals surface area (Å²) in [6.07, 6.45) is 12.2. The van der Waals surface area contributed by atoms with Crippen LogP contribution in [0.3, 0.4) is 0 Å². The van der Waals surface area contributed by atoms with Crippen molar-refractivity contribution in [2.75, 3.05) is 6.61 Å². The number of carbonyl (C=O) groups excluding carboxylic acids is 1. The second-order valence-electron chi connectivity index (χ2n) is 8.45. The van der Waals surface area contributed by atoms with Gasteiger partial charge in [-0.05, 0) is 67.1 Å². The molecule has 2 rings (SSSR count). The molecule has 0 saturated heterocycles. The van der Waals surface area contributed by atoms with Crippen molar-refractivity contribution in [2.45, 2.75) is 85.0 Å². The molecule has 0 atom stereocenters. The number of unbranched alkanes of at least 4 members (excludes halogenated alkanes) is 3. The van der Waals surface area contributed by atoms with E-state index in [1.54, 1.807) is 12.1 Å². The van der Waals surface area contributed by atoms with Gasteiger partial charge in [-0.2, -0.15) is 0 Å². The van der Waals surface area contributed by atoms with Crippen LogP contribution in [0.25, 0.3) is 0 Å². The Balaban J connectivity index is 1.79. The van der Waals surface area contributed by atoms with Gasteiger partial charge in [0.05, 0.1) is 12.2 Å². The van der Waals surface area contributed by atoms with Gasteiger partial charge in [-0.25, -0.2) is 4.79 Å². The zero-order valence-corrected chi connectivity index (χ0v) is 19.7. The van der Waals surface area contributed by atoms with Gasteiger partial charge in [0.1, 0.15) is 11.5 Å². The van der Waals surface area contributed by atoms with Crippen LogP contribution in [0.2, 0.25) is 0 Å². The van der Waals surface area contributed by atoms with Crippen molar-refractivity contribution >= 4 is 5.97 Å². The lowest BCUT2D eigenvalue weighted by Crippen LogP contribution is -2.08. The van der Waals surface area contributed by atoms with Crippen LogP contribution in [-0.2, 0) is 6.42 Å². The number of esters is 1. The van der Waals surface area contributed by atoms with Gasteiger partial charge in [0.15, 0.2) is 0 Å². The summed E-state index contributed by atoms with van der Waals surface area (Å²) in [5.41, 5.74) is 1.84. The standard InChI is InChI=1S/C28H40O3/c1-4-7-8-9-22-30-26-20-16-25(17-21-26)28(29)31-27-18-14-24(15-19-27)13-12-23(10-5-2)11-6-3/h14-21,23H,4-13,22H2,1-3H3. The monoisotopic (exact) mass is 424 g/mol. The molecule has 0 aliphatic rings. The predicted molar refractivity (Wildman–Crippen MR) is 129 cm³/mol. The third kappa shape index (κ3) is 9.59. The van der Waals surface area contributed by atoms with Crippen LogP contribution in [0.1, 0.15) is 94.5 Å². The first kappa shape index (κ1) is 25.0. The third-order valence-electron chi connectivity index (χ3n) is 5.73. The molecule has 0 aliphatic carbocycles. The molecule has 0 unspecified atom stereocenters. The molecule has 0 aliphatic heterocycles. The summed E-state index contributed by atoms with van der Waals surface area (Å²) < 4.78 is 11.3. The van der Waals surface area contributed by atoms with Gasteiger partial charge in [-0.3, -0.25) is 0 Å². The number of aryl methyl sites for hydroxylation is 1. The predicted octanol–water partition coefficient (Wildman–Crippen LogP) is 8.01. The number of carbonyl (C=O) groups is 1. The molecule has 0 aromatic heterocycles. The van der Waals surface area contributed by atoms with E-state index >= 15 is 0 Å². The van der Waals surface area contributed by atoms with Crippen LogP contribution >= 0.6 is 0 Å². The van der Waals surface area contributed by atoms with E-state index in [9.17, 15) is 4.79 Å². The molecular formula is C28H40O3. The third-order valence-corrected chi connectivity index (χ3v) is 5.73. The molecule has 0 fully saturated rings. The van der Waals surface area contributed by atoms with E-state index < -0.39 is 0 Å². The summed E-state index contributed by atoms with van der Waals surface area (Å²) in [7, 11) is 0. The molecule has 3 heteroatoms. The number of hydrogen-bond donors (Lipinski definition) is 0. The Hall–Kier alpha value is -2.29. The van der Waals surface area contributed by atoms with Crippen molar-refractivity contribution in [2.24, 2.45) is 5.92 Å². The van der Waals surface area contributed by atoms with Crippen LogP contribution in [0.5, 0.6) is 11.5 Å². The largest absolute Gasteiger partial charge is 0.494 e. The molecule has 0 bridgehead atoms. The lowest BCUT2D eigenvalue weighted by atomic mass is 9.91. The van der Waals surface area contributed by atoms with E-state index in [0.717, 1.165) is 24.5 Å². The Kier molecular flexibility index (Phi) is 11.8.